The van der Waals surface area contributed by atoms with Gasteiger partial charge in [0, 0.05) is 11.6 Å². The van der Waals surface area contributed by atoms with Gasteiger partial charge in [-0.3, -0.25) is 0 Å². The Morgan fingerprint density at radius 3 is 2.60 bits per heavy atom. The average Bonchev–Trinajstić information content (AvgIpc) is 2.45. The van der Waals surface area contributed by atoms with Gasteiger partial charge in [-0.25, -0.2) is 4.79 Å². The second kappa shape index (κ2) is 8.09. The standard InChI is InChI=1S/C14H21ClN2O3/c1-3-9-5-6-12(15)11(4-2)13(9)17-14(20)16-7-10(19)8-18/h5-6,10,18-19H,3-4,7-8H2,1-2H3,(H2,16,17,20). The van der Waals surface area contributed by atoms with Gasteiger partial charge in [-0.05, 0) is 30.0 Å². The number of anilines is 1. The van der Waals surface area contributed by atoms with E-state index < -0.39 is 18.7 Å². The Hall–Kier alpha value is -1.30. The van der Waals surface area contributed by atoms with Crippen LogP contribution in [-0.4, -0.2) is 35.5 Å². The molecule has 4 N–H and O–H groups in total. The van der Waals surface area contributed by atoms with E-state index in [-0.39, 0.29) is 6.54 Å². The Morgan fingerprint density at radius 2 is 2.05 bits per heavy atom. The average molecular weight is 301 g/mol. The Morgan fingerprint density at radius 1 is 1.35 bits per heavy atom. The van der Waals surface area contributed by atoms with Crippen LogP contribution in [0, 0.1) is 0 Å². The molecule has 0 fully saturated rings. The van der Waals surface area contributed by atoms with Crippen LogP contribution >= 0.6 is 11.6 Å². The number of nitrogens with one attached hydrogen (secondary N) is 2. The van der Waals surface area contributed by atoms with Crippen molar-refractivity contribution in [1.82, 2.24) is 5.32 Å². The third-order valence-electron chi connectivity index (χ3n) is 3.02. The number of hydrogen-bond acceptors (Lipinski definition) is 3. The van der Waals surface area contributed by atoms with Crippen molar-refractivity contribution >= 4 is 23.3 Å². The number of aliphatic hydroxyl groups is 2. The molecule has 1 rings (SSSR count). The summed E-state index contributed by atoms with van der Waals surface area (Å²) in [5.74, 6) is 0. The van der Waals surface area contributed by atoms with Crippen molar-refractivity contribution in [3.8, 4) is 0 Å². The fourth-order valence-electron chi connectivity index (χ4n) is 1.90. The summed E-state index contributed by atoms with van der Waals surface area (Å²) in [6.45, 7) is 3.57. The van der Waals surface area contributed by atoms with Gasteiger partial charge in [-0.2, -0.15) is 0 Å². The highest BCUT2D eigenvalue weighted by molar-refractivity contribution is 6.31. The van der Waals surface area contributed by atoms with Gasteiger partial charge in [0.05, 0.1) is 18.4 Å². The molecule has 0 aliphatic carbocycles. The summed E-state index contributed by atoms with van der Waals surface area (Å²) in [5.41, 5.74) is 2.62. The third-order valence-corrected chi connectivity index (χ3v) is 3.38. The van der Waals surface area contributed by atoms with Gasteiger partial charge in [0.1, 0.15) is 0 Å². The number of aliphatic hydroxyl groups excluding tert-OH is 2. The van der Waals surface area contributed by atoms with Gasteiger partial charge >= 0.3 is 6.03 Å². The van der Waals surface area contributed by atoms with Gasteiger partial charge in [0.2, 0.25) is 0 Å². The van der Waals surface area contributed by atoms with Crippen molar-refractivity contribution in [2.24, 2.45) is 0 Å². The van der Waals surface area contributed by atoms with Gasteiger partial charge in [-0.15, -0.1) is 0 Å². The molecule has 2 amide bonds. The van der Waals surface area contributed by atoms with Crippen LogP contribution in [0.5, 0.6) is 0 Å². The molecule has 6 heteroatoms. The molecule has 0 heterocycles. The van der Waals surface area contributed by atoms with E-state index in [0.717, 1.165) is 23.2 Å². The fraction of sp³-hybridized carbons (Fsp3) is 0.500. The molecule has 5 nitrogen and oxygen atoms in total. The van der Waals surface area contributed by atoms with E-state index in [1.807, 2.05) is 26.0 Å². The second-order valence-corrected chi connectivity index (χ2v) is 4.85. The predicted octanol–water partition coefficient (Wildman–Crippen LogP) is 1.94. The molecular formula is C14H21ClN2O3. The lowest BCUT2D eigenvalue weighted by molar-refractivity contribution is 0.0965. The van der Waals surface area contributed by atoms with Gasteiger partial charge in [-0.1, -0.05) is 31.5 Å². The first-order valence-corrected chi connectivity index (χ1v) is 7.05. The number of benzene rings is 1. The van der Waals surface area contributed by atoms with Crippen LogP contribution in [0.3, 0.4) is 0 Å². The van der Waals surface area contributed by atoms with Crippen LogP contribution in [-0.2, 0) is 12.8 Å². The number of halogens is 1. The molecule has 20 heavy (non-hydrogen) atoms. The third kappa shape index (κ3) is 4.37. The molecule has 0 aliphatic heterocycles. The smallest absolute Gasteiger partial charge is 0.319 e. The molecule has 0 saturated carbocycles. The highest BCUT2D eigenvalue weighted by Gasteiger charge is 2.13. The first kappa shape index (κ1) is 16.8. The Balaban J connectivity index is 2.85. The first-order chi connectivity index (χ1) is 9.53. The summed E-state index contributed by atoms with van der Waals surface area (Å²) in [7, 11) is 0. The van der Waals surface area contributed by atoms with Crippen molar-refractivity contribution < 1.29 is 15.0 Å². The number of carbonyl (C=O) groups excluding carboxylic acids is 1. The fourth-order valence-corrected chi connectivity index (χ4v) is 2.19. The second-order valence-electron chi connectivity index (χ2n) is 4.44. The number of rotatable bonds is 6. The molecule has 0 aliphatic rings. The maximum absolute atomic E-state index is 11.8. The van der Waals surface area contributed by atoms with Crippen LogP contribution in [0.25, 0.3) is 0 Å². The zero-order chi connectivity index (χ0) is 15.1. The maximum Gasteiger partial charge on any atom is 0.319 e. The van der Waals surface area contributed by atoms with Gasteiger partial charge in [0.25, 0.3) is 0 Å². The first-order valence-electron chi connectivity index (χ1n) is 6.67. The molecule has 1 aromatic rings. The normalized spacial score (nSPS) is 12.1. The number of hydrogen-bond donors (Lipinski definition) is 4. The summed E-state index contributed by atoms with van der Waals surface area (Å²) >= 11 is 6.15. The molecular weight excluding hydrogens is 280 g/mol. The summed E-state index contributed by atoms with van der Waals surface area (Å²) < 4.78 is 0. The number of carbonyl (C=O) groups is 1. The molecule has 1 unspecified atom stereocenters. The van der Waals surface area contributed by atoms with Gasteiger partial charge in [0.15, 0.2) is 0 Å². The largest absolute Gasteiger partial charge is 0.394 e. The monoisotopic (exact) mass is 300 g/mol. The summed E-state index contributed by atoms with van der Waals surface area (Å²) in [6.07, 6.45) is 0.525. The highest BCUT2D eigenvalue weighted by atomic mass is 35.5. The van der Waals surface area contributed by atoms with E-state index in [0.29, 0.717) is 11.4 Å². The van der Waals surface area contributed by atoms with Crippen LogP contribution in [0.4, 0.5) is 10.5 Å². The molecule has 0 saturated heterocycles. The number of aryl methyl sites for hydroxylation is 1. The predicted molar refractivity (Wildman–Crippen MR) is 80.3 cm³/mol. The zero-order valence-electron chi connectivity index (χ0n) is 11.7. The van der Waals surface area contributed by atoms with Crippen LogP contribution in [0.2, 0.25) is 5.02 Å². The zero-order valence-corrected chi connectivity index (χ0v) is 12.5. The van der Waals surface area contributed by atoms with E-state index in [9.17, 15) is 9.90 Å². The molecule has 0 aromatic heterocycles. The molecule has 0 bridgehead atoms. The topological polar surface area (TPSA) is 81.6 Å². The lowest BCUT2D eigenvalue weighted by Gasteiger charge is -2.17. The van der Waals surface area contributed by atoms with Crippen LogP contribution < -0.4 is 10.6 Å². The minimum absolute atomic E-state index is 0.00812. The number of amides is 2. The van der Waals surface area contributed by atoms with E-state index in [1.165, 1.54) is 0 Å². The maximum atomic E-state index is 11.8. The lowest BCUT2D eigenvalue weighted by atomic mass is 10.0. The lowest BCUT2D eigenvalue weighted by Crippen LogP contribution is -2.37. The van der Waals surface area contributed by atoms with Crippen molar-refractivity contribution in [2.75, 3.05) is 18.5 Å². The molecule has 1 aromatic carbocycles. The summed E-state index contributed by atoms with van der Waals surface area (Å²) in [4.78, 5) is 11.8. The van der Waals surface area contributed by atoms with E-state index in [1.54, 1.807) is 0 Å². The summed E-state index contributed by atoms with van der Waals surface area (Å²) in [6, 6.07) is 3.29. The molecule has 112 valence electrons. The minimum atomic E-state index is -0.962. The van der Waals surface area contributed by atoms with Crippen LogP contribution in [0.1, 0.15) is 25.0 Å². The van der Waals surface area contributed by atoms with Crippen molar-refractivity contribution in [3.05, 3.63) is 28.3 Å². The Bertz CT molecular complexity index is 466. The van der Waals surface area contributed by atoms with E-state index >= 15 is 0 Å². The quantitative estimate of drug-likeness (QED) is 0.648. The van der Waals surface area contributed by atoms with E-state index in [4.69, 9.17) is 16.7 Å². The summed E-state index contributed by atoms with van der Waals surface area (Å²) in [5, 5.41) is 23.8. The molecule has 0 spiro atoms. The molecule has 1 atom stereocenters. The SMILES string of the molecule is CCc1ccc(Cl)c(CC)c1NC(=O)NCC(O)CO. The minimum Gasteiger partial charge on any atom is -0.394 e. The van der Waals surface area contributed by atoms with Crippen molar-refractivity contribution in [1.29, 1.82) is 0 Å². The van der Waals surface area contributed by atoms with Gasteiger partial charge < -0.3 is 20.8 Å². The van der Waals surface area contributed by atoms with E-state index in [2.05, 4.69) is 10.6 Å². The highest BCUT2D eigenvalue weighted by Crippen LogP contribution is 2.29. The van der Waals surface area contributed by atoms with Crippen molar-refractivity contribution in [2.45, 2.75) is 32.8 Å². The number of urea groups is 1. The molecule has 0 radical (unpaired) electrons. The van der Waals surface area contributed by atoms with Crippen molar-refractivity contribution in [3.63, 3.8) is 0 Å². The Kier molecular flexibility index (Phi) is 6.78. The Labute approximate surface area is 124 Å². The van der Waals surface area contributed by atoms with Crippen LogP contribution in [0.15, 0.2) is 12.1 Å².